The second-order valence-corrected chi connectivity index (χ2v) is 4.85. The van der Waals surface area contributed by atoms with Crippen molar-refractivity contribution < 1.29 is 9.84 Å². The van der Waals surface area contributed by atoms with E-state index in [4.69, 9.17) is 4.74 Å². The van der Waals surface area contributed by atoms with Gasteiger partial charge in [-0.3, -0.25) is 0 Å². The third-order valence-corrected chi connectivity index (χ3v) is 3.11. The van der Waals surface area contributed by atoms with E-state index in [-0.39, 0.29) is 11.7 Å². The van der Waals surface area contributed by atoms with Gasteiger partial charge in [0.25, 0.3) is 0 Å². The summed E-state index contributed by atoms with van der Waals surface area (Å²) < 4.78 is 5.28. The summed E-state index contributed by atoms with van der Waals surface area (Å²) in [7, 11) is 1.70. The Morgan fingerprint density at radius 2 is 2.08 bits per heavy atom. The second-order valence-electron chi connectivity index (χ2n) is 4.85. The van der Waals surface area contributed by atoms with Crippen LogP contribution in [0.15, 0.2) is 0 Å². The van der Waals surface area contributed by atoms with E-state index in [0.717, 1.165) is 18.8 Å². The number of hydrogen-bond acceptors (Lipinski definition) is 2. The summed E-state index contributed by atoms with van der Waals surface area (Å²) in [6, 6.07) is 0. The van der Waals surface area contributed by atoms with Crippen LogP contribution in [0.25, 0.3) is 0 Å². The monoisotopic (exact) mass is 186 g/mol. The summed E-state index contributed by atoms with van der Waals surface area (Å²) in [6.07, 6.45) is 5.51. The largest absolute Gasteiger partial charge is 0.393 e. The molecule has 0 aromatic heterocycles. The van der Waals surface area contributed by atoms with Gasteiger partial charge in [-0.25, -0.2) is 0 Å². The Hall–Kier alpha value is -0.0800. The maximum Gasteiger partial charge on any atom is 0.0647 e. The smallest absolute Gasteiger partial charge is 0.0647 e. The van der Waals surface area contributed by atoms with E-state index in [0.29, 0.717) is 0 Å². The van der Waals surface area contributed by atoms with E-state index in [1.807, 2.05) is 13.8 Å². The Bertz CT molecular complexity index is 150. The minimum absolute atomic E-state index is 0.177. The summed E-state index contributed by atoms with van der Waals surface area (Å²) in [5, 5.41) is 9.77. The second kappa shape index (κ2) is 4.43. The molecule has 0 aromatic rings. The maximum absolute atomic E-state index is 9.77. The third-order valence-electron chi connectivity index (χ3n) is 3.11. The van der Waals surface area contributed by atoms with Crippen LogP contribution in [0, 0.1) is 5.92 Å². The highest BCUT2D eigenvalue weighted by Gasteiger charge is 2.26. The fraction of sp³-hybridized carbons (Fsp3) is 1.00. The number of rotatable bonds is 5. The van der Waals surface area contributed by atoms with E-state index >= 15 is 0 Å². The summed E-state index contributed by atoms with van der Waals surface area (Å²) in [6.45, 7) is 4.05. The van der Waals surface area contributed by atoms with Crippen molar-refractivity contribution in [2.45, 2.75) is 57.7 Å². The molecule has 1 rings (SSSR count). The zero-order valence-electron chi connectivity index (χ0n) is 9.05. The molecule has 0 spiro atoms. The van der Waals surface area contributed by atoms with Crippen molar-refractivity contribution in [3.63, 3.8) is 0 Å². The van der Waals surface area contributed by atoms with Gasteiger partial charge in [0.1, 0.15) is 0 Å². The molecule has 0 amide bonds. The minimum Gasteiger partial charge on any atom is -0.393 e. The number of methoxy groups -OCH3 is 1. The fourth-order valence-electron chi connectivity index (χ4n) is 1.85. The summed E-state index contributed by atoms with van der Waals surface area (Å²) in [5.74, 6) is 0.780. The van der Waals surface area contributed by atoms with Crippen LogP contribution in [0.3, 0.4) is 0 Å². The van der Waals surface area contributed by atoms with Crippen molar-refractivity contribution in [2.24, 2.45) is 5.92 Å². The number of aliphatic hydroxyl groups is 1. The molecule has 1 unspecified atom stereocenters. The van der Waals surface area contributed by atoms with Crippen LogP contribution in [-0.2, 0) is 4.74 Å². The lowest BCUT2D eigenvalue weighted by Crippen LogP contribution is -2.30. The van der Waals surface area contributed by atoms with Crippen LogP contribution in [-0.4, -0.2) is 23.9 Å². The van der Waals surface area contributed by atoms with E-state index in [1.165, 1.54) is 19.3 Å². The highest BCUT2D eigenvalue weighted by atomic mass is 16.5. The zero-order chi connectivity index (χ0) is 9.90. The van der Waals surface area contributed by atoms with Crippen molar-refractivity contribution >= 4 is 0 Å². The van der Waals surface area contributed by atoms with Crippen LogP contribution >= 0.6 is 0 Å². The Balaban J connectivity index is 2.19. The normalized spacial score (nSPS) is 21.2. The topological polar surface area (TPSA) is 29.5 Å². The van der Waals surface area contributed by atoms with Gasteiger partial charge in [0.2, 0.25) is 0 Å². The van der Waals surface area contributed by atoms with Crippen molar-refractivity contribution in [1.82, 2.24) is 0 Å². The van der Waals surface area contributed by atoms with Gasteiger partial charge in [-0.1, -0.05) is 19.3 Å². The summed E-state index contributed by atoms with van der Waals surface area (Å²) in [5.41, 5.74) is -0.177. The number of hydrogen-bond donors (Lipinski definition) is 1. The molecular formula is C11H22O2. The predicted octanol–water partition coefficient (Wildman–Crippen LogP) is 2.35. The van der Waals surface area contributed by atoms with Crippen LogP contribution in [0.4, 0.5) is 0 Å². The summed E-state index contributed by atoms with van der Waals surface area (Å²) in [4.78, 5) is 0. The zero-order valence-corrected chi connectivity index (χ0v) is 9.05. The molecule has 78 valence electrons. The SMILES string of the molecule is COC(C)(C)CC(O)CC1CCC1. The van der Waals surface area contributed by atoms with E-state index in [2.05, 4.69) is 0 Å². The molecular weight excluding hydrogens is 164 g/mol. The Labute approximate surface area is 81.3 Å². The first-order valence-electron chi connectivity index (χ1n) is 5.27. The van der Waals surface area contributed by atoms with Gasteiger partial charge < -0.3 is 9.84 Å². The van der Waals surface area contributed by atoms with E-state index < -0.39 is 0 Å². The third kappa shape index (κ3) is 3.65. The lowest BCUT2D eigenvalue weighted by molar-refractivity contribution is -0.0272. The molecule has 0 aliphatic heterocycles. The molecule has 0 radical (unpaired) electrons. The number of ether oxygens (including phenoxy) is 1. The molecule has 1 aliphatic carbocycles. The average molecular weight is 186 g/mol. The van der Waals surface area contributed by atoms with Gasteiger partial charge >= 0.3 is 0 Å². The first kappa shape index (κ1) is 11.0. The minimum atomic E-state index is -0.180. The maximum atomic E-state index is 9.77. The van der Waals surface area contributed by atoms with Crippen molar-refractivity contribution in [1.29, 1.82) is 0 Å². The van der Waals surface area contributed by atoms with Gasteiger partial charge in [0.15, 0.2) is 0 Å². The highest BCUT2D eigenvalue weighted by molar-refractivity contribution is 4.78. The van der Waals surface area contributed by atoms with Crippen molar-refractivity contribution in [2.75, 3.05) is 7.11 Å². The van der Waals surface area contributed by atoms with E-state index in [1.54, 1.807) is 7.11 Å². The standard InChI is InChI=1S/C11H22O2/c1-11(2,13-3)8-10(12)7-9-5-4-6-9/h9-10,12H,4-8H2,1-3H3. The molecule has 1 saturated carbocycles. The molecule has 0 heterocycles. The van der Waals surface area contributed by atoms with Crippen molar-refractivity contribution in [3.05, 3.63) is 0 Å². The Morgan fingerprint density at radius 1 is 1.46 bits per heavy atom. The first-order valence-corrected chi connectivity index (χ1v) is 5.27. The van der Waals surface area contributed by atoms with Gasteiger partial charge in [-0.2, -0.15) is 0 Å². The van der Waals surface area contributed by atoms with E-state index in [9.17, 15) is 5.11 Å². The molecule has 0 aromatic carbocycles. The molecule has 1 fully saturated rings. The van der Waals surface area contributed by atoms with Gasteiger partial charge in [0, 0.05) is 13.5 Å². The fourth-order valence-corrected chi connectivity index (χ4v) is 1.85. The lowest BCUT2D eigenvalue weighted by Gasteiger charge is -2.31. The molecule has 0 saturated heterocycles. The van der Waals surface area contributed by atoms with Crippen LogP contribution < -0.4 is 0 Å². The molecule has 0 bridgehead atoms. The lowest BCUT2D eigenvalue weighted by atomic mass is 9.80. The molecule has 1 N–H and O–H groups in total. The Kier molecular flexibility index (Phi) is 3.74. The van der Waals surface area contributed by atoms with Crippen molar-refractivity contribution in [3.8, 4) is 0 Å². The van der Waals surface area contributed by atoms with Gasteiger partial charge in [-0.05, 0) is 26.2 Å². The van der Waals surface area contributed by atoms with Crippen LogP contribution in [0.1, 0.15) is 46.0 Å². The van der Waals surface area contributed by atoms with Crippen LogP contribution in [0.5, 0.6) is 0 Å². The quantitative estimate of drug-likeness (QED) is 0.714. The molecule has 1 atom stereocenters. The molecule has 2 heteroatoms. The Morgan fingerprint density at radius 3 is 2.46 bits per heavy atom. The predicted molar refractivity (Wildman–Crippen MR) is 53.7 cm³/mol. The van der Waals surface area contributed by atoms with Gasteiger partial charge in [0.05, 0.1) is 11.7 Å². The van der Waals surface area contributed by atoms with Crippen LogP contribution in [0.2, 0.25) is 0 Å². The first-order chi connectivity index (χ1) is 6.03. The summed E-state index contributed by atoms with van der Waals surface area (Å²) >= 11 is 0. The molecule has 2 nitrogen and oxygen atoms in total. The number of aliphatic hydroxyl groups excluding tert-OH is 1. The average Bonchev–Trinajstić information content (AvgIpc) is 1.96. The van der Waals surface area contributed by atoms with Gasteiger partial charge in [-0.15, -0.1) is 0 Å². The molecule has 1 aliphatic rings. The highest BCUT2D eigenvalue weighted by Crippen LogP contribution is 2.32. The molecule has 13 heavy (non-hydrogen) atoms.